The lowest BCUT2D eigenvalue weighted by atomic mass is 9.91. The SMILES string of the molecule is CCCCC(CC)Cc1ccc2[nH]c3ccccc3c2c1. The van der Waals surface area contributed by atoms with Crippen LogP contribution < -0.4 is 0 Å². The molecule has 0 saturated heterocycles. The van der Waals surface area contributed by atoms with E-state index in [9.17, 15) is 0 Å². The number of fused-ring (bicyclic) bond motifs is 3. The summed E-state index contributed by atoms with van der Waals surface area (Å²) in [6.45, 7) is 4.61. The summed E-state index contributed by atoms with van der Waals surface area (Å²) in [4.78, 5) is 3.51. The van der Waals surface area contributed by atoms with E-state index in [1.165, 1.54) is 59.5 Å². The summed E-state index contributed by atoms with van der Waals surface area (Å²) in [6, 6.07) is 15.5. The average molecular weight is 279 g/mol. The van der Waals surface area contributed by atoms with Gasteiger partial charge in [-0.05, 0) is 36.1 Å². The van der Waals surface area contributed by atoms with E-state index < -0.39 is 0 Å². The van der Waals surface area contributed by atoms with E-state index in [1.54, 1.807) is 0 Å². The van der Waals surface area contributed by atoms with E-state index in [-0.39, 0.29) is 0 Å². The van der Waals surface area contributed by atoms with E-state index >= 15 is 0 Å². The van der Waals surface area contributed by atoms with Crippen molar-refractivity contribution in [3.63, 3.8) is 0 Å². The summed E-state index contributed by atoms with van der Waals surface area (Å²) in [5, 5.41) is 2.71. The lowest BCUT2D eigenvalue weighted by molar-refractivity contribution is 0.449. The van der Waals surface area contributed by atoms with Crippen LogP contribution in [0.5, 0.6) is 0 Å². The van der Waals surface area contributed by atoms with Crippen molar-refractivity contribution < 1.29 is 0 Å². The zero-order chi connectivity index (χ0) is 14.7. The van der Waals surface area contributed by atoms with Crippen LogP contribution in [0.15, 0.2) is 42.5 Å². The van der Waals surface area contributed by atoms with Crippen LogP contribution in [-0.2, 0) is 6.42 Å². The zero-order valence-corrected chi connectivity index (χ0v) is 13.2. The maximum atomic E-state index is 3.51. The van der Waals surface area contributed by atoms with Crippen LogP contribution >= 0.6 is 0 Å². The second-order valence-electron chi connectivity index (χ2n) is 6.17. The highest BCUT2D eigenvalue weighted by atomic mass is 14.7. The Morgan fingerprint density at radius 1 is 0.952 bits per heavy atom. The number of hydrogen-bond donors (Lipinski definition) is 1. The van der Waals surface area contributed by atoms with Crippen molar-refractivity contribution in [1.29, 1.82) is 0 Å². The molecular weight excluding hydrogens is 254 g/mol. The number of rotatable bonds is 6. The molecule has 3 aromatic rings. The van der Waals surface area contributed by atoms with Crippen LogP contribution in [0, 0.1) is 5.92 Å². The highest BCUT2D eigenvalue weighted by Gasteiger charge is 2.09. The number of benzene rings is 2. The van der Waals surface area contributed by atoms with E-state index in [1.807, 2.05) is 0 Å². The molecule has 21 heavy (non-hydrogen) atoms. The van der Waals surface area contributed by atoms with E-state index in [2.05, 4.69) is 61.3 Å². The van der Waals surface area contributed by atoms with Gasteiger partial charge in [0.15, 0.2) is 0 Å². The highest BCUT2D eigenvalue weighted by Crippen LogP contribution is 2.27. The molecule has 0 saturated carbocycles. The van der Waals surface area contributed by atoms with Gasteiger partial charge in [-0.25, -0.2) is 0 Å². The summed E-state index contributed by atoms with van der Waals surface area (Å²) in [5.74, 6) is 0.826. The third-order valence-electron chi connectivity index (χ3n) is 4.64. The van der Waals surface area contributed by atoms with Crippen molar-refractivity contribution >= 4 is 21.8 Å². The van der Waals surface area contributed by atoms with Crippen molar-refractivity contribution in [3.05, 3.63) is 48.0 Å². The smallest absolute Gasteiger partial charge is 0.0465 e. The highest BCUT2D eigenvalue weighted by molar-refractivity contribution is 6.07. The number of aromatic nitrogens is 1. The molecule has 0 bridgehead atoms. The molecular formula is C20H25N. The summed E-state index contributed by atoms with van der Waals surface area (Å²) in [6.07, 6.45) is 6.52. The third kappa shape index (κ3) is 2.97. The average Bonchev–Trinajstić information content (AvgIpc) is 2.89. The van der Waals surface area contributed by atoms with Gasteiger partial charge in [-0.15, -0.1) is 0 Å². The van der Waals surface area contributed by atoms with Gasteiger partial charge in [0.2, 0.25) is 0 Å². The minimum Gasteiger partial charge on any atom is -0.355 e. The van der Waals surface area contributed by atoms with Crippen LogP contribution in [0.2, 0.25) is 0 Å². The van der Waals surface area contributed by atoms with Gasteiger partial charge in [-0.3, -0.25) is 0 Å². The molecule has 1 N–H and O–H groups in total. The molecule has 0 spiro atoms. The molecule has 1 heteroatoms. The summed E-state index contributed by atoms with van der Waals surface area (Å²) >= 11 is 0. The van der Waals surface area contributed by atoms with E-state index in [4.69, 9.17) is 0 Å². The standard InChI is InChI=1S/C20H25N/c1-3-5-8-15(4-2)13-16-11-12-20-18(14-16)17-9-6-7-10-19(17)21-20/h6-7,9-12,14-15,21H,3-5,8,13H2,1-2H3. The lowest BCUT2D eigenvalue weighted by Crippen LogP contribution is -2.03. The first-order valence-electron chi connectivity index (χ1n) is 8.31. The first-order valence-corrected chi connectivity index (χ1v) is 8.31. The van der Waals surface area contributed by atoms with Crippen molar-refractivity contribution in [3.8, 4) is 0 Å². The fourth-order valence-corrected chi connectivity index (χ4v) is 3.30. The van der Waals surface area contributed by atoms with Gasteiger partial charge < -0.3 is 4.98 Å². The Morgan fingerprint density at radius 3 is 2.57 bits per heavy atom. The Labute approximate surface area is 127 Å². The fourth-order valence-electron chi connectivity index (χ4n) is 3.30. The number of H-pyrrole nitrogens is 1. The van der Waals surface area contributed by atoms with Crippen LogP contribution in [0.4, 0.5) is 0 Å². The fraction of sp³-hybridized carbons (Fsp3) is 0.400. The number of nitrogens with one attached hydrogen (secondary N) is 1. The van der Waals surface area contributed by atoms with Gasteiger partial charge in [0.25, 0.3) is 0 Å². The van der Waals surface area contributed by atoms with Gasteiger partial charge >= 0.3 is 0 Å². The summed E-state index contributed by atoms with van der Waals surface area (Å²) < 4.78 is 0. The molecule has 1 atom stereocenters. The molecule has 2 aromatic carbocycles. The van der Waals surface area contributed by atoms with Crippen LogP contribution in [0.1, 0.15) is 45.1 Å². The largest absolute Gasteiger partial charge is 0.355 e. The molecule has 0 fully saturated rings. The molecule has 3 rings (SSSR count). The Kier molecular flexibility index (Phi) is 4.28. The summed E-state index contributed by atoms with van der Waals surface area (Å²) in [5.41, 5.74) is 3.97. The molecule has 1 heterocycles. The van der Waals surface area contributed by atoms with Crippen molar-refractivity contribution in [2.75, 3.05) is 0 Å². The number of para-hydroxylation sites is 1. The van der Waals surface area contributed by atoms with Crippen LogP contribution in [0.25, 0.3) is 21.8 Å². The minimum atomic E-state index is 0.826. The zero-order valence-electron chi connectivity index (χ0n) is 13.2. The molecule has 1 unspecified atom stereocenters. The molecule has 110 valence electrons. The minimum absolute atomic E-state index is 0.826. The second-order valence-corrected chi connectivity index (χ2v) is 6.17. The van der Waals surface area contributed by atoms with Crippen LogP contribution in [-0.4, -0.2) is 4.98 Å². The van der Waals surface area contributed by atoms with Gasteiger partial charge in [0.1, 0.15) is 0 Å². The molecule has 0 aliphatic rings. The topological polar surface area (TPSA) is 15.8 Å². The number of hydrogen-bond acceptors (Lipinski definition) is 0. The summed E-state index contributed by atoms with van der Waals surface area (Å²) in [7, 11) is 0. The van der Waals surface area contributed by atoms with E-state index in [0.717, 1.165) is 5.92 Å². The molecule has 0 radical (unpaired) electrons. The second kappa shape index (κ2) is 6.34. The molecule has 0 aliphatic heterocycles. The Balaban J connectivity index is 1.91. The number of unbranched alkanes of at least 4 members (excludes halogenated alkanes) is 1. The van der Waals surface area contributed by atoms with Gasteiger partial charge in [-0.2, -0.15) is 0 Å². The maximum Gasteiger partial charge on any atom is 0.0465 e. The number of aromatic amines is 1. The maximum absolute atomic E-state index is 3.51. The van der Waals surface area contributed by atoms with Crippen molar-refractivity contribution in [1.82, 2.24) is 4.98 Å². The first kappa shape index (κ1) is 14.2. The quantitative estimate of drug-likeness (QED) is 0.563. The van der Waals surface area contributed by atoms with Gasteiger partial charge in [0.05, 0.1) is 0 Å². The predicted molar refractivity (Wildman–Crippen MR) is 92.8 cm³/mol. The molecule has 1 nitrogen and oxygen atoms in total. The third-order valence-corrected chi connectivity index (χ3v) is 4.64. The lowest BCUT2D eigenvalue weighted by Gasteiger charge is -2.14. The monoisotopic (exact) mass is 279 g/mol. The normalized spacial score (nSPS) is 13.0. The Morgan fingerprint density at radius 2 is 1.76 bits per heavy atom. The van der Waals surface area contributed by atoms with Gasteiger partial charge in [-0.1, -0.05) is 63.8 Å². The molecule has 1 aromatic heterocycles. The Hall–Kier alpha value is -1.76. The molecule has 0 aliphatic carbocycles. The predicted octanol–water partition coefficient (Wildman–Crippen LogP) is 6.08. The van der Waals surface area contributed by atoms with Crippen molar-refractivity contribution in [2.24, 2.45) is 5.92 Å². The van der Waals surface area contributed by atoms with Gasteiger partial charge in [0, 0.05) is 21.8 Å². The Bertz CT molecular complexity index is 723. The van der Waals surface area contributed by atoms with E-state index in [0.29, 0.717) is 0 Å². The first-order chi connectivity index (χ1) is 10.3. The molecule has 0 amide bonds. The van der Waals surface area contributed by atoms with Crippen molar-refractivity contribution in [2.45, 2.75) is 46.0 Å². The van der Waals surface area contributed by atoms with Crippen LogP contribution in [0.3, 0.4) is 0 Å².